The fourth-order valence-electron chi connectivity index (χ4n) is 11.2. The van der Waals surface area contributed by atoms with Crippen LogP contribution >= 0.6 is 0 Å². The molecule has 0 aliphatic carbocycles. The largest absolute Gasteiger partial charge is 0.456 e. The fraction of sp³-hybridized carbons (Fsp3) is 0. The maximum absolute atomic E-state index is 6.40. The van der Waals surface area contributed by atoms with Crippen molar-refractivity contribution in [1.82, 2.24) is 18.3 Å². The van der Waals surface area contributed by atoms with Gasteiger partial charge >= 0.3 is 0 Å². The van der Waals surface area contributed by atoms with Crippen LogP contribution in [0.4, 0.5) is 0 Å². The lowest BCUT2D eigenvalue weighted by molar-refractivity contribution is 0.669. The Balaban J connectivity index is 1.11. The van der Waals surface area contributed by atoms with Crippen LogP contribution in [0.5, 0.6) is 0 Å². The topological polar surface area (TPSA) is 32.9 Å². The molecule has 15 aromatic rings. The molecule has 5 heteroatoms. The molecule has 0 saturated heterocycles. The summed E-state index contributed by atoms with van der Waals surface area (Å²) in [4.78, 5) is 0. The van der Waals surface area contributed by atoms with E-state index in [1.807, 2.05) is 6.07 Å². The Morgan fingerprint density at radius 1 is 0.231 bits per heavy atom. The Morgan fingerprint density at radius 3 is 1.26 bits per heavy atom. The highest BCUT2D eigenvalue weighted by molar-refractivity contribution is 6.27. The monoisotopic (exact) mass is 828 g/mol. The SMILES string of the molecule is c1ccc(-n2c3ccc(-n4c5ccccc5c5ccccc54)cc3c3c2ccc2c4cc(-n5c6ccccc6c6ccccc65)ccc4n(-c4ccc5oc6ccccc6c5c4)c23)cc1. The number of para-hydroxylation sites is 6. The highest BCUT2D eigenvalue weighted by Gasteiger charge is 2.24. The predicted octanol–water partition coefficient (Wildman–Crippen LogP) is 16.0. The summed E-state index contributed by atoms with van der Waals surface area (Å²) < 4.78 is 16.2. The van der Waals surface area contributed by atoms with E-state index in [0.717, 1.165) is 61.2 Å². The molecule has 5 heterocycles. The van der Waals surface area contributed by atoms with E-state index in [-0.39, 0.29) is 0 Å². The Kier molecular flexibility index (Phi) is 6.89. The number of furan rings is 1. The quantitative estimate of drug-likeness (QED) is 0.174. The van der Waals surface area contributed by atoms with Gasteiger partial charge in [0.25, 0.3) is 0 Å². The summed E-state index contributed by atoms with van der Waals surface area (Å²) in [5, 5.41) is 12.0. The Bertz CT molecular complexity index is 4370. The van der Waals surface area contributed by atoms with Crippen LogP contribution in [0, 0.1) is 0 Å². The van der Waals surface area contributed by atoms with E-state index in [0.29, 0.717) is 0 Å². The van der Waals surface area contributed by atoms with Crippen LogP contribution in [0.25, 0.3) is 132 Å². The van der Waals surface area contributed by atoms with Crippen molar-refractivity contribution in [3.63, 3.8) is 0 Å². The van der Waals surface area contributed by atoms with E-state index < -0.39 is 0 Å². The summed E-state index contributed by atoms with van der Waals surface area (Å²) in [5.41, 5.74) is 15.6. The average Bonchev–Trinajstić information content (AvgIpc) is 4.16. The molecule has 0 N–H and O–H groups in total. The first kappa shape index (κ1) is 34.7. The van der Waals surface area contributed by atoms with Crippen molar-refractivity contribution in [2.45, 2.75) is 0 Å². The second kappa shape index (κ2) is 12.9. The number of hydrogen-bond donors (Lipinski definition) is 0. The van der Waals surface area contributed by atoms with Crippen molar-refractivity contribution in [3.8, 4) is 22.7 Å². The highest BCUT2D eigenvalue weighted by atomic mass is 16.3. The molecule has 0 saturated carbocycles. The van der Waals surface area contributed by atoms with Gasteiger partial charge in [0.05, 0.1) is 44.1 Å². The van der Waals surface area contributed by atoms with Crippen molar-refractivity contribution < 1.29 is 4.42 Å². The van der Waals surface area contributed by atoms with E-state index in [1.54, 1.807) is 0 Å². The minimum absolute atomic E-state index is 0.881. The lowest BCUT2D eigenvalue weighted by atomic mass is 10.1. The van der Waals surface area contributed by atoms with E-state index in [9.17, 15) is 0 Å². The van der Waals surface area contributed by atoms with Gasteiger partial charge in [-0.2, -0.15) is 0 Å². The number of fused-ring (bicyclic) bond motifs is 16. The molecule has 0 bridgehead atoms. The van der Waals surface area contributed by atoms with Crippen LogP contribution in [-0.2, 0) is 0 Å². The van der Waals surface area contributed by atoms with Gasteiger partial charge in [0, 0.05) is 76.6 Å². The van der Waals surface area contributed by atoms with Gasteiger partial charge in [0.15, 0.2) is 0 Å². The average molecular weight is 829 g/mol. The predicted molar refractivity (Wildman–Crippen MR) is 271 cm³/mol. The molecule has 0 aliphatic heterocycles. The van der Waals surface area contributed by atoms with E-state index >= 15 is 0 Å². The normalized spacial score (nSPS) is 12.3. The maximum Gasteiger partial charge on any atom is 0.135 e. The van der Waals surface area contributed by atoms with Gasteiger partial charge in [-0.05, 0) is 103 Å². The third-order valence-electron chi connectivity index (χ3n) is 13.9. The first-order valence-corrected chi connectivity index (χ1v) is 22.3. The van der Waals surface area contributed by atoms with Crippen LogP contribution in [0.15, 0.2) is 223 Å². The summed E-state index contributed by atoms with van der Waals surface area (Å²) in [6, 6.07) is 79.7. The fourth-order valence-corrected chi connectivity index (χ4v) is 11.2. The molecule has 302 valence electrons. The van der Waals surface area contributed by atoms with Crippen molar-refractivity contribution in [2.24, 2.45) is 0 Å². The number of rotatable bonds is 4. The summed E-state index contributed by atoms with van der Waals surface area (Å²) >= 11 is 0. The van der Waals surface area contributed by atoms with E-state index in [2.05, 4.69) is 231 Å². The first-order chi connectivity index (χ1) is 32.3. The number of nitrogens with zero attached hydrogens (tertiary/aromatic N) is 4. The molecular weight excluding hydrogens is 793 g/mol. The molecule has 5 nitrogen and oxygen atoms in total. The molecule has 10 aromatic carbocycles. The van der Waals surface area contributed by atoms with Gasteiger partial charge in [-0.3, -0.25) is 0 Å². The number of aromatic nitrogens is 4. The summed E-state index contributed by atoms with van der Waals surface area (Å²) in [6.45, 7) is 0. The molecule has 5 aromatic heterocycles. The van der Waals surface area contributed by atoms with E-state index in [4.69, 9.17) is 4.42 Å². The number of benzene rings is 10. The molecule has 65 heavy (non-hydrogen) atoms. The van der Waals surface area contributed by atoms with Crippen LogP contribution in [0.2, 0.25) is 0 Å². The molecule has 0 aliphatic rings. The van der Waals surface area contributed by atoms with Gasteiger partial charge in [-0.15, -0.1) is 0 Å². The Hall–Kier alpha value is -8.80. The van der Waals surface area contributed by atoms with Gasteiger partial charge in [-0.1, -0.05) is 115 Å². The van der Waals surface area contributed by atoms with Crippen molar-refractivity contribution in [2.75, 3.05) is 0 Å². The van der Waals surface area contributed by atoms with Crippen molar-refractivity contribution >= 4 is 109 Å². The third kappa shape index (κ3) is 4.71. The Labute approximate surface area is 371 Å². The van der Waals surface area contributed by atoms with E-state index in [1.165, 1.54) is 70.7 Å². The summed E-state index contributed by atoms with van der Waals surface area (Å²) in [5.74, 6) is 0. The van der Waals surface area contributed by atoms with Crippen molar-refractivity contribution in [1.29, 1.82) is 0 Å². The molecule has 0 amide bonds. The molecule has 0 fully saturated rings. The Morgan fingerprint density at radius 2 is 0.646 bits per heavy atom. The second-order valence-electron chi connectivity index (χ2n) is 17.3. The zero-order valence-corrected chi connectivity index (χ0v) is 35.0. The summed E-state index contributed by atoms with van der Waals surface area (Å²) in [6.07, 6.45) is 0. The van der Waals surface area contributed by atoms with Crippen LogP contribution < -0.4 is 0 Å². The van der Waals surface area contributed by atoms with Crippen molar-refractivity contribution in [3.05, 3.63) is 218 Å². The first-order valence-electron chi connectivity index (χ1n) is 22.3. The van der Waals surface area contributed by atoms with Crippen LogP contribution in [-0.4, -0.2) is 18.3 Å². The van der Waals surface area contributed by atoms with Gasteiger partial charge < -0.3 is 22.7 Å². The van der Waals surface area contributed by atoms with Gasteiger partial charge in [0.2, 0.25) is 0 Å². The van der Waals surface area contributed by atoms with Crippen LogP contribution in [0.3, 0.4) is 0 Å². The second-order valence-corrected chi connectivity index (χ2v) is 17.3. The molecule has 0 radical (unpaired) electrons. The molecule has 0 atom stereocenters. The van der Waals surface area contributed by atoms with Gasteiger partial charge in [0.1, 0.15) is 11.2 Å². The lowest BCUT2D eigenvalue weighted by Gasteiger charge is -2.11. The molecular formula is C60H36N4O. The zero-order valence-electron chi connectivity index (χ0n) is 35.0. The molecule has 0 unspecified atom stereocenters. The standard InChI is InChI=1S/C60H36N4O/c1-2-14-37(15-3-1)61-55-31-27-39(63-52-23-11-6-18-43(52)44-19-7-12-24-53(44)63)36-49(55)59-56(61)32-29-46-47-34-38(62-50-21-9-4-16-41(50)42-17-5-10-22-51(42)62)26-30-54(47)64(60(46)59)40-28-33-58-48(35-40)45-20-8-13-25-57(45)65-58/h1-36H. The summed E-state index contributed by atoms with van der Waals surface area (Å²) in [7, 11) is 0. The molecule has 0 spiro atoms. The zero-order chi connectivity index (χ0) is 42.3. The minimum Gasteiger partial charge on any atom is -0.456 e. The van der Waals surface area contributed by atoms with Gasteiger partial charge in [-0.25, -0.2) is 0 Å². The highest BCUT2D eigenvalue weighted by Crippen LogP contribution is 2.45. The minimum atomic E-state index is 0.881. The lowest BCUT2D eigenvalue weighted by Crippen LogP contribution is -1.96. The maximum atomic E-state index is 6.40. The van der Waals surface area contributed by atoms with Crippen LogP contribution in [0.1, 0.15) is 0 Å². The molecule has 15 rings (SSSR count). The third-order valence-corrected chi connectivity index (χ3v) is 13.9. The number of hydrogen-bond acceptors (Lipinski definition) is 1. The smallest absolute Gasteiger partial charge is 0.135 e.